The van der Waals surface area contributed by atoms with Gasteiger partial charge >= 0.3 is 0 Å². The Bertz CT molecular complexity index is 476. The molecule has 3 aliphatic carbocycles. The van der Waals surface area contributed by atoms with Gasteiger partial charge in [-0.2, -0.15) is 0 Å². The van der Waals surface area contributed by atoms with Crippen LogP contribution in [0.1, 0.15) is 129 Å². The van der Waals surface area contributed by atoms with Crippen LogP contribution in [0.3, 0.4) is 0 Å². The maximum Gasteiger partial charge on any atom is -0.0233 e. The lowest BCUT2D eigenvalue weighted by molar-refractivity contribution is 0.140. The van der Waals surface area contributed by atoms with E-state index in [9.17, 15) is 0 Å². The number of unbranched alkanes of at least 4 members (excludes halogenated alkanes) is 2. The summed E-state index contributed by atoms with van der Waals surface area (Å²) in [6.45, 7) is 4.50. The zero-order valence-electron chi connectivity index (χ0n) is 20.5. The van der Waals surface area contributed by atoms with Crippen molar-refractivity contribution < 1.29 is 0 Å². The van der Waals surface area contributed by atoms with Gasteiger partial charge in [-0.25, -0.2) is 0 Å². The van der Waals surface area contributed by atoms with Gasteiger partial charge in [-0.15, -0.1) is 0 Å². The Morgan fingerprint density at radius 2 is 1.13 bits per heavy atom. The minimum Gasteiger partial charge on any atom is -0.0914 e. The quantitative estimate of drug-likeness (QED) is 0.247. The topological polar surface area (TPSA) is 0 Å². The molecule has 3 aliphatic rings. The lowest BCUT2D eigenvalue weighted by atomic mass is 9.68. The highest BCUT2D eigenvalue weighted by atomic mass is 14.4. The maximum atomic E-state index is 2.58. The molecule has 0 aliphatic heterocycles. The van der Waals surface area contributed by atoms with Crippen molar-refractivity contribution in [3.63, 3.8) is 0 Å². The average Bonchev–Trinajstić information content (AvgIpc) is 2.79. The predicted molar refractivity (Wildman–Crippen MR) is 134 cm³/mol. The summed E-state index contributed by atoms with van der Waals surface area (Å²) in [5, 5.41) is 0. The third-order valence-corrected chi connectivity index (χ3v) is 9.10. The molecule has 0 heterocycles. The van der Waals surface area contributed by atoms with E-state index in [0.29, 0.717) is 0 Å². The van der Waals surface area contributed by atoms with E-state index in [1.54, 1.807) is 38.5 Å². The van der Waals surface area contributed by atoms with Crippen LogP contribution >= 0.6 is 0 Å². The first-order valence-electron chi connectivity index (χ1n) is 14.1. The van der Waals surface area contributed by atoms with Crippen LogP contribution < -0.4 is 0 Å². The van der Waals surface area contributed by atoms with Gasteiger partial charge in [0.1, 0.15) is 0 Å². The Labute approximate surface area is 189 Å². The molecule has 0 aromatic heterocycles. The van der Waals surface area contributed by atoms with E-state index in [-0.39, 0.29) is 0 Å². The minimum atomic E-state index is 0.867. The lowest BCUT2D eigenvalue weighted by Crippen LogP contribution is -2.25. The Kier molecular flexibility index (Phi) is 11.1. The molecule has 0 radical (unpaired) electrons. The smallest absolute Gasteiger partial charge is 0.0233 e. The summed E-state index contributed by atoms with van der Waals surface area (Å²) < 4.78 is 0. The van der Waals surface area contributed by atoms with Crippen molar-refractivity contribution in [3.05, 3.63) is 24.3 Å². The molecule has 3 saturated carbocycles. The fourth-order valence-corrected chi connectivity index (χ4v) is 7.00. The highest BCUT2D eigenvalue weighted by molar-refractivity contribution is 4.95. The maximum absolute atomic E-state index is 2.58. The van der Waals surface area contributed by atoms with Crippen LogP contribution in [0.4, 0.5) is 0 Å². The number of allylic oxidation sites excluding steroid dienone is 4. The first kappa shape index (κ1) is 24.1. The van der Waals surface area contributed by atoms with Crippen LogP contribution in [0, 0.1) is 35.5 Å². The van der Waals surface area contributed by atoms with Crippen LogP contribution in [0.5, 0.6) is 0 Å². The summed E-state index contributed by atoms with van der Waals surface area (Å²) >= 11 is 0. The Morgan fingerprint density at radius 3 is 1.67 bits per heavy atom. The van der Waals surface area contributed by atoms with Crippen molar-refractivity contribution in [2.45, 2.75) is 129 Å². The van der Waals surface area contributed by atoms with Crippen molar-refractivity contribution >= 4 is 0 Å². The van der Waals surface area contributed by atoms with Gasteiger partial charge in [-0.1, -0.05) is 82.6 Å². The van der Waals surface area contributed by atoms with Crippen molar-refractivity contribution in [1.29, 1.82) is 0 Å². The zero-order valence-corrected chi connectivity index (χ0v) is 20.5. The molecule has 30 heavy (non-hydrogen) atoms. The van der Waals surface area contributed by atoms with Gasteiger partial charge < -0.3 is 0 Å². The van der Waals surface area contributed by atoms with E-state index in [1.807, 2.05) is 0 Å². The van der Waals surface area contributed by atoms with Crippen LogP contribution in [0.2, 0.25) is 0 Å². The summed E-state index contributed by atoms with van der Waals surface area (Å²) in [6.07, 6.45) is 36.5. The monoisotopic (exact) mass is 412 g/mol. The second-order valence-electron chi connectivity index (χ2n) is 11.3. The largest absolute Gasteiger partial charge is 0.0914 e. The molecule has 0 aromatic carbocycles. The number of hydrogen-bond donors (Lipinski definition) is 0. The SMILES string of the molecule is CC=CC1CCC(C=CCCC2CCC(C3CCC(CCCCC)CC3)CC2)CC1. The Hall–Kier alpha value is -0.520. The van der Waals surface area contributed by atoms with Crippen molar-refractivity contribution in [1.82, 2.24) is 0 Å². The summed E-state index contributed by atoms with van der Waals surface area (Å²) in [6, 6.07) is 0. The first-order chi connectivity index (χ1) is 14.8. The fraction of sp³-hybridized carbons (Fsp3) is 0.867. The second kappa shape index (κ2) is 13.8. The van der Waals surface area contributed by atoms with Gasteiger partial charge in [0.05, 0.1) is 0 Å². The molecule has 0 saturated heterocycles. The molecule has 0 unspecified atom stereocenters. The molecule has 0 amide bonds. The normalized spacial score (nSPS) is 35.9. The van der Waals surface area contributed by atoms with Gasteiger partial charge in [0.15, 0.2) is 0 Å². The van der Waals surface area contributed by atoms with Crippen molar-refractivity contribution in [2.24, 2.45) is 35.5 Å². The standard InChI is InChI=1S/C30H52/c1-3-5-6-10-27-17-21-29(22-18-27)30-23-19-28(20-24-30)12-8-7-11-26-15-13-25(9-4-2)14-16-26/h4,7,9,11,25-30H,3,5-6,8,10,12-24H2,1-2H3. The van der Waals surface area contributed by atoms with Crippen LogP contribution in [-0.4, -0.2) is 0 Å². The Morgan fingerprint density at radius 1 is 0.600 bits per heavy atom. The van der Waals surface area contributed by atoms with E-state index in [4.69, 9.17) is 0 Å². The fourth-order valence-electron chi connectivity index (χ4n) is 7.00. The molecule has 0 bridgehead atoms. The second-order valence-corrected chi connectivity index (χ2v) is 11.3. The molecule has 0 nitrogen and oxygen atoms in total. The zero-order chi connectivity index (χ0) is 21.0. The summed E-state index contributed by atoms with van der Waals surface area (Å²) in [5.41, 5.74) is 0. The number of rotatable bonds is 10. The van der Waals surface area contributed by atoms with Crippen LogP contribution in [0.15, 0.2) is 24.3 Å². The highest BCUT2D eigenvalue weighted by Gasteiger charge is 2.30. The molecule has 0 aromatic rings. The van der Waals surface area contributed by atoms with Gasteiger partial charge in [-0.3, -0.25) is 0 Å². The van der Waals surface area contributed by atoms with E-state index in [1.165, 1.54) is 77.0 Å². The molecular weight excluding hydrogens is 360 g/mol. The molecule has 0 atom stereocenters. The van der Waals surface area contributed by atoms with E-state index in [0.717, 1.165) is 35.5 Å². The molecular formula is C30H52. The molecule has 0 heteroatoms. The van der Waals surface area contributed by atoms with Crippen LogP contribution in [-0.2, 0) is 0 Å². The van der Waals surface area contributed by atoms with Crippen molar-refractivity contribution in [3.8, 4) is 0 Å². The lowest BCUT2D eigenvalue weighted by Gasteiger charge is -2.38. The van der Waals surface area contributed by atoms with Gasteiger partial charge in [0.25, 0.3) is 0 Å². The molecule has 0 spiro atoms. The van der Waals surface area contributed by atoms with Gasteiger partial charge in [-0.05, 0) is 107 Å². The third-order valence-electron chi connectivity index (χ3n) is 9.10. The van der Waals surface area contributed by atoms with Crippen molar-refractivity contribution in [2.75, 3.05) is 0 Å². The Balaban J connectivity index is 1.24. The van der Waals surface area contributed by atoms with E-state index < -0.39 is 0 Å². The molecule has 0 N–H and O–H groups in total. The van der Waals surface area contributed by atoms with E-state index >= 15 is 0 Å². The average molecular weight is 413 g/mol. The van der Waals surface area contributed by atoms with Gasteiger partial charge in [0.2, 0.25) is 0 Å². The summed E-state index contributed by atoms with van der Waals surface area (Å²) in [7, 11) is 0. The predicted octanol–water partition coefficient (Wildman–Crippen LogP) is 9.90. The number of hydrogen-bond acceptors (Lipinski definition) is 0. The summed E-state index contributed by atoms with van der Waals surface area (Å²) in [4.78, 5) is 0. The molecule has 3 rings (SSSR count). The highest BCUT2D eigenvalue weighted by Crippen LogP contribution is 2.43. The van der Waals surface area contributed by atoms with Gasteiger partial charge in [0, 0.05) is 0 Å². The minimum absolute atomic E-state index is 0.867. The van der Waals surface area contributed by atoms with Crippen LogP contribution in [0.25, 0.3) is 0 Å². The molecule has 172 valence electrons. The van der Waals surface area contributed by atoms with E-state index in [2.05, 4.69) is 38.2 Å². The first-order valence-corrected chi connectivity index (χ1v) is 14.1. The molecule has 3 fully saturated rings. The summed E-state index contributed by atoms with van der Waals surface area (Å²) in [5.74, 6) is 6.02. The third kappa shape index (κ3) is 8.20.